The standard InChI is InChI=1S/C21H35N3/c1-9-12-20(13-10-2)16-23(8)24(14-11-3)19(7)21(15-22)18(6)17(4)5/h9,12-13,19H,4,10-11,14,16H2,1-3,5-8H3/b12-9-,20-13+,21-18+. The highest BCUT2D eigenvalue weighted by Gasteiger charge is 2.23. The van der Waals surface area contributed by atoms with Crippen LogP contribution in [0.25, 0.3) is 0 Å². The number of likely N-dealkylation sites (N-methyl/N-ethyl adjacent to an activating group) is 1. The Morgan fingerprint density at radius 1 is 1.29 bits per heavy atom. The molecule has 0 aromatic heterocycles. The van der Waals surface area contributed by atoms with Crippen molar-refractivity contribution in [3.8, 4) is 6.07 Å². The van der Waals surface area contributed by atoms with Crippen LogP contribution in [0.3, 0.4) is 0 Å². The Morgan fingerprint density at radius 3 is 2.33 bits per heavy atom. The Bertz CT molecular complexity index is 532. The van der Waals surface area contributed by atoms with Crippen molar-refractivity contribution in [2.45, 2.75) is 60.4 Å². The average Bonchev–Trinajstić information content (AvgIpc) is 2.53. The first kappa shape index (κ1) is 22.4. The predicted molar refractivity (Wildman–Crippen MR) is 105 cm³/mol. The summed E-state index contributed by atoms with van der Waals surface area (Å²) in [6, 6.07) is 2.43. The van der Waals surface area contributed by atoms with Gasteiger partial charge in [0.2, 0.25) is 0 Å². The molecule has 3 heteroatoms. The van der Waals surface area contributed by atoms with E-state index in [2.05, 4.69) is 68.7 Å². The summed E-state index contributed by atoms with van der Waals surface area (Å²) in [4.78, 5) is 0. The zero-order valence-electron chi connectivity index (χ0n) is 16.7. The summed E-state index contributed by atoms with van der Waals surface area (Å²) in [7, 11) is 2.10. The lowest BCUT2D eigenvalue weighted by atomic mass is 9.99. The van der Waals surface area contributed by atoms with E-state index < -0.39 is 0 Å². The molecule has 0 aliphatic rings. The topological polar surface area (TPSA) is 30.3 Å². The molecule has 0 radical (unpaired) electrons. The number of nitriles is 1. The largest absolute Gasteiger partial charge is 0.240 e. The lowest BCUT2D eigenvalue weighted by Crippen LogP contribution is -2.47. The molecule has 0 N–H and O–H groups in total. The minimum absolute atomic E-state index is 0.0325. The Morgan fingerprint density at radius 2 is 1.92 bits per heavy atom. The van der Waals surface area contributed by atoms with Crippen molar-refractivity contribution in [2.24, 2.45) is 0 Å². The van der Waals surface area contributed by atoms with Crippen molar-refractivity contribution < 1.29 is 0 Å². The molecule has 0 aliphatic heterocycles. The van der Waals surface area contributed by atoms with E-state index in [9.17, 15) is 5.26 Å². The summed E-state index contributed by atoms with van der Waals surface area (Å²) in [5.41, 5.74) is 4.06. The van der Waals surface area contributed by atoms with Gasteiger partial charge in [0.05, 0.1) is 17.7 Å². The van der Waals surface area contributed by atoms with Crippen LogP contribution in [0.5, 0.6) is 0 Å². The first-order valence-electron chi connectivity index (χ1n) is 8.90. The summed E-state index contributed by atoms with van der Waals surface area (Å²) in [5, 5.41) is 14.2. The van der Waals surface area contributed by atoms with E-state index in [1.165, 1.54) is 5.57 Å². The highest BCUT2D eigenvalue weighted by atomic mass is 15.6. The lowest BCUT2D eigenvalue weighted by molar-refractivity contribution is -0.0133. The first-order valence-corrected chi connectivity index (χ1v) is 8.90. The van der Waals surface area contributed by atoms with Crippen LogP contribution < -0.4 is 0 Å². The quantitative estimate of drug-likeness (QED) is 0.311. The molecule has 1 atom stereocenters. The maximum atomic E-state index is 9.65. The maximum Gasteiger partial charge on any atom is 0.0967 e. The number of rotatable bonds is 10. The smallest absolute Gasteiger partial charge is 0.0967 e. The van der Waals surface area contributed by atoms with Gasteiger partial charge in [-0.1, -0.05) is 44.2 Å². The second kappa shape index (κ2) is 11.8. The summed E-state index contributed by atoms with van der Waals surface area (Å²) in [6.45, 7) is 18.2. The van der Waals surface area contributed by atoms with E-state index >= 15 is 0 Å². The van der Waals surface area contributed by atoms with Crippen LogP contribution in [-0.4, -0.2) is 36.2 Å². The van der Waals surface area contributed by atoms with Crippen LogP contribution in [-0.2, 0) is 0 Å². The molecule has 0 saturated carbocycles. The van der Waals surface area contributed by atoms with Gasteiger partial charge in [-0.25, -0.2) is 10.0 Å². The van der Waals surface area contributed by atoms with Gasteiger partial charge in [0.15, 0.2) is 0 Å². The fourth-order valence-electron chi connectivity index (χ4n) is 2.78. The van der Waals surface area contributed by atoms with Crippen LogP contribution >= 0.6 is 0 Å². The zero-order valence-corrected chi connectivity index (χ0v) is 16.7. The molecule has 1 unspecified atom stereocenters. The molecule has 3 nitrogen and oxygen atoms in total. The maximum absolute atomic E-state index is 9.65. The Labute approximate surface area is 149 Å². The number of allylic oxidation sites excluding steroid dienone is 4. The van der Waals surface area contributed by atoms with E-state index in [0.717, 1.165) is 42.7 Å². The highest BCUT2D eigenvalue weighted by molar-refractivity contribution is 5.40. The third kappa shape index (κ3) is 6.86. The summed E-state index contributed by atoms with van der Waals surface area (Å²) < 4.78 is 0. The monoisotopic (exact) mass is 329 g/mol. The van der Waals surface area contributed by atoms with Crippen LogP contribution in [0.4, 0.5) is 0 Å². The molecule has 0 rings (SSSR count). The van der Waals surface area contributed by atoms with Gasteiger partial charge in [-0.05, 0) is 51.7 Å². The predicted octanol–water partition coefficient (Wildman–Crippen LogP) is 5.26. The van der Waals surface area contributed by atoms with E-state index in [-0.39, 0.29) is 6.04 Å². The van der Waals surface area contributed by atoms with E-state index in [4.69, 9.17) is 0 Å². The molecule has 0 aromatic rings. The molecule has 0 saturated heterocycles. The molecule has 0 amide bonds. The third-order valence-electron chi connectivity index (χ3n) is 4.18. The van der Waals surface area contributed by atoms with Crippen molar-refractivity contribution in [1.29, 1.82) is 5.26 Å². The van der Waals surface area contributed by atoms with Gasteiger partial charge in [-0.3, -0.25) is 0 Å². The lowest BCUT2D eigenvalue weighted by Gasteiger charge is -2.37. The molecular formula is C21H35N3. The number of hydrogen-bond donors (Lipinski definition) is 0. The van der Waals surface area contributed by atoms with Crippen LogP contribution in [0.15, 0.2) is 47.1 Å². The fourth-order valence-corrected chi connectivity index (χ4v) is 2.78. The summed E-state index contributed by atoms with van der Waals surface area (Å²) in [5.74, 6) is 0. The van der Waals surface area contributed by atoms with Gasteiger partial charge < -0.3 is 0 Å². The number of hydrogen-bond acceptors (Lipinski definition) is 3. The molecule has 24 heavy (non-hydrogen) atoms. The molecule has 134 valence electrons. The van der Waals surface area contributed by atoms with Crippen molar-refractivity contribution in [2.75, 3.05) is 20.1 Å². The molecular weight excluding hydrogens is 294 g/mol. The van der Waals surface area contributed by atoms with E-state index in [0.29, 0.717) is 0 Å². The Hall–Kier alpha value is -1.63. The molecule has 0 aliphatic carbocycles. The van der Waals surface area contributed by atoms with Gasteiger partial charge in [0.25, 0.3) is 0 Å². The summed E-state index contributed by atoms with van der Waals surface area (Å²) >= 11 is 0. The second-order valence-corrected chi connectivity index (χ2v) is 6.27. The van der Waals surface area contributed by atoms with E-state index in [1.54, 1.807) is 0 Å². The van der Waals surface area contributed by atoms with Crippen LogP contribution in [0, 0.1) is 11.3 Å². The van der Waals surface area contributed by atoms with Gasteiger partial charge >= 0.3 is 0 Å². The van der Waals surface area contributed by atoms with E-state index in [1.807, 2.05) is 20.8 Å². The van der Waals surface area contributed by atoms with Crippen molar-refractivity contribution >= 4 is 0 Å². The van der Waals surface area contributed by atoms with Gasteiger partial charge in [0.1, 0.15) is 0 Å². The number of hydrazine groups is 1. The molecule has 0 heterocycles. The number of nitrogens with zero attached hydrogens (tertiary/aromatic N) is 3. The third-order valence-corrected chi connectivity index (χ3v) is 4.18. The molecule has 0 spiro atoms. The van der Waals surface area contributed by atoms with Gasteiger partial charge in [-0.2, -0.15) is 5.26 Å². The fraction of sp³-hybridized carbons (Fsp3) is 0.571. The van der Waals surface area contributed by atoms with Crippen LogP contribution in [0.2, 0.25) is 0 Å². The molecule has 0 fully saturated rings. The minimum Gasteiger partial charge on any atom is -0.240 e. The van der Waals surface area contributed by atoms with Gasteiger partial charge in [0, 0.05) is 20.1 Å². The normalized spacial score (nSPS) is 14.9. The SMILES string of the molecule is C=C(C)/C(C)=C(\C#N)C(C)N(CCC)N(C)CC(/C=C\C)=C/CC. The van der Waals surface area contributed by atoms with Crippen molar-refractivity contribution in [3.05, 3.63) is 47.1 Å². The summed E-state index contributed by atoms with van der Waals surface area (Å²) in [6.07, 6.45) is 8.56. The minimum atomic E-state index is 0.0325. The second-order valence-electron chi connectivity index (χ2n) is 6.27. The first-order chi connectivity index (χ1) is 11.3. The molecule has 0 bridgehead atoms. The highest BCUT2D eigenvalue weighted by Crippen LogP contribution is 2.21. The Balaban J connectivity index is 5.55. The van der Waals surface area contributed by atoms with Gasteiger partial charge in [-0.15, -0.1) is 0 Å². The molecule has 0 aromatic carbocycles. The van der Waals surface area contributed by atoms with Crippen molar-refractivity contribution in [1.82, 2.24) is 10.0 Å². The average molecular weight is 330 g/mol. The Kier molecular flexibility index (Phi) is 11.0. The van der Waals surface area contributed by atoms with Crippen molar-refractivity contribution in [3.63, 3.8) is 0 Å². The zero-order chi connectivity index (χ0) is 18.7. The van der Waals surface area contributed by atoms with Crippen LogP contribution in [0.1, 0.15) is 54.4 Å².